The van der Waals surface area contributed by atoms with Crippen molar-refractivity contribution in [3.8, 4) is 11.1 Å². The smallest absolute Gasteiger partial charge is 0.241 e. The molecule has 1 N–H and O–H groups in total. The van der Waals surface area contributed by atoms with E-state index in [0.29, 0.717) is 18.0 Å². The van der Waals surface area contributed by atoms with Crippen molar-refractivity contribution in [1.29, 1.82) is 0 Å². The Morgan fingerprint density at radius 2 is 1.87 bits per heavy atom. The van der Waals surface area contributed by atoms with Crippen molar-refractivity contribution in [2.45, 2.75) is 51.1 Å². The Hall–Kier alpha value is -3.00. The molecule has 0 aromatic carbocycles. The van der Waals surface area contributed by atoms with Crippen LogP contribution >= 0.6 is 0 Å². The number of hydrogen-bond donors (Lipinski definition) is 1. The molecule has 1 aliphatic carbocycles. The van der Waals surface area contributed by atoms with Gasteiger partial charge in [0.1, 0.15) is 0 Å². The third kappa shape index (κ3) is 3.41. The average molecular weight is 405 g/mol. The van der Waals surface area contributed by atoms with Crippen LogP contribution in [0.1, 0.15) is 38.3 Å². The van der Waals surface area contributed by atoms with E-state index < -0.39 is 0 Å². The van der Waals surface area contributed by atoms with E-state index in [2.05, 4.69) is 62.9 Å². The Morgan fingerprint density at radius 3 is 2.63 bits per heavy atom. The van der Waals surface area contributed by atoms with Crippen LogP contribution in [0.3, 0.4) is 0 Å². The maximum Gasteiger partial charge on any atom is 0.241 e. The number of rotatable bonds is 5. The van der Waals surface area contributed by atoms with Crippen molar-refractivity contribution >= 4 is 17.2 Å². The van der Waals surface area contributed by atoms with E-state index in [9.17, 15) is 0 Å². The molecule has 8 heteroatoms. The predicted molar refractivity (Wildman–Crippen MR) is 118 cm³/mol. The molecule has 4 heterocycles. The Labute approximate surface area is 176 Å². The van der Waals surface area contributed by atoms with E-state index in [1.807, 2.05) is 29.3 Å². The van der Waals surface area contributed by atoms with E-state index in [1.165, 1.54) is 12.8 Å². The molecule has 8 nitrogen and oxygen atoms in total. The molecule has 0 saturated heterocycles. The highest BCUT2D eigenvalue weighted by Gasteiger charge is 2.23. The van der Waals surface area contributed by atoms with E-state index in [0.717, 1.165) is 47.4 Å². The Kier molecular flexibility index (Phi) is 4.86. The molecule has 1 saturated carbocycles. The van der Waals surface area contributed by atoms with Gasteiger partial charge in [-0.25, -0.2) is 19.5 Å². The number of aryl methyl sites for hydroxylation is 1. The quantitative estimate of drug-likeness (QED) is 0.550. The summed E-state index contributed by atoms with van der Waals surface area (Å²) in [5.74, 6) is 1.42. The third-order valence-electron chi connectivity index (χ3n) is 6.29. The van der Waals surface area contributed by atoms with Gasteiger partial charge in [-0.15, -0.1) is 5.10 Å². The van der Waals surface area contributed by atoms with Crippen molar-refractivity contribution in [1.82, 2.24) is 33.9 Å². The zero-order valence-corrected chi connectivity index (χ0v) is 17.8. The van der Waals surface area contributed by atoms with Gasteiger partial charge in [-0.1, -0.05) is 6.92 Å². The molecule has 0 radical (unpaired) electrons. The number of anilines is 1. The second-order valence-electron chi connectivity index (χ2n) is 8.37. The summed E-state index contributed by atoms with van der Waals surface area (Å²) >= 11 is 0. The van der Waals surface area contributed by atoms with Crippen molar-refractivity contribution in [2.75, 3.05) is 19.4 Å². The monoisotopic (exact) mass is 404 g/mol. The lowest BCUT2D eigenvalue weighted by atomic mass is 9.91. The van der Waals surface area contributed by atoms with Gasteiger partial charge in [0.05, 0.1) is 17.9 Å². The molecular weight excluding hydrogens is 376 g/mol. The van der Waals surface area contributed by atoms with Crippen molar-refractivity contribution < 1.29 is 0 Å². The summed E-state index contributed by atoms with van der Waals surface area (Å²) in [7, 11) is 4.34. The lowest BCUT2D eigenvalue weighted by Crippen LogP contribution is -2.36. The highest BCUT2D eigenvalue weighted by atomic mass is 15.3. The summed E-state index contributed by atoms with van der Waals surface area (Å²) in [4.78, 5) is 15.8. The fraction of sp³-hybridized carbons (Fsp3) is 0.455. The molecule has 0 atom stereocenters. The summed E-state index contributed by atoms with van der Waals surface area (Å²) in [6.45, 7) is 2.12. The van der Waals surface area contributed by atoms with Crippen molar-refractivity contribution in [2.24, 2.45) is 0 Å². The first-order valence-electron chi connectivity index (χ1n) is 10.7. The highest BCUT2D eigenvalue weighted by Crippen LogP contribution is 2.27. The molecule has 0 spiro atoms. The Morgan fingerprint density at radius 1 is 1.07 bits per heavy atom. The topological polar surface area (TPSA) is 75.7 Å². The molecule has 0 amide bonds. The normalized spacial score (nSPS) is 19.7. The van der Waals surface area contributed by atoms with Crippen LogP contribution in [-0.4, -0.2) is 60.0 Å². The summed E-state index contributed by atoms with van der Waals surface area (Å²) in [6, 6.07) is 3.20. The predicted octanol–water partition coefficient (Wildman–Crippen LogP) is 3.29. The van der Waals surface area contributed by atoms with Gasteiger partial charge in [-0.05, 0) is 52.3 Å². The van der Waals surface area contributed by atoms with Gasteiger partial charge in [-0.3, -0.25) is 4.40 Å². The molecule has 0 bridgehead atoms. The zero-order valence-electron chi connectivity index (χ0n) is 17.8. The van der Waals surface area contributed by atoms with E-state index in [1.54, 1.807) is 0 Å². The number of imidazole rings is 1. The van der Waals surface area contributed by atoms with E-state index >= 15 is 0 Å². The molecule has 5 rings (SSSR count). The first kappa shape index (κ1) is 19.0. The fourth-order valence-electron chi connectivity index (χ4n) is 4.45. The SMILES string of the molecule is CCc1cnc2ncc(-c3ccn4nc(N[C@H]5CC[C@H](N(C)C)CC5)ncc34)cn12. The maximum atomic E-state index is 4.70. The standard InChI is InChI=1S/C22H28N8/c1-4-17-12-25-22-24-11-15(14-29(17)22)19-9-10-30-20(19)13-23-21(27-30)26-16-5-7-18(8-6-16)28(2)3/h9-14,16,18H,4-8H2,1-3H3,(H,26,27)/t16-,18-. The largest absolute Gasteiger partial charge is 0.350 e. The minimum atomic E-state index is 0.439. The molecule has 4 aromatic rings. The zero-order chi connectivity index (χ0) is 20.7. The molecule has 1 aliphatic rings. The van der Waals surface area contributed by atoms with Gasteiger partial charge in [0.15, 0.2) is 0 Å². The number of aromatic nitrogens is 6. The molecule has 156 valence electrons. The van der Waals surface area contributed by atoms with E-state index in [4.69, 9.17) is 5.10 Å². The summed E-state index contributed by atoms with van der Waals surface area (Å²) in [6.07, 6.45) is 15.4. The van der Waals surface area contributed by atoms with E-state index in [-0.39, 0.29) is 0 Å². The van der Waals surface area contributed by atoms with Gasteiger partial charge in [0.2, 0.25) is 11.7 Å². The average Bonchev–Trinajstić information content (AvgIpc) is 3.37. The van der Waals surface area contributed by atoms with Crippen molar-refractivity contribution in [3.63, 3.8) is 0 Å². The van der Waals surface area contributed by atoms with Crippen LogP contribution in [0.2, 0.25) is 0 Å². The molecule has 30 heavy (non-hydrogen) atoms. The molecule has 1 fully saturated rings. The van der Waals surface area contributed by atoms with Crippen LogP contribution in [0, 0.1) is 0 Å². The van der Waals surface area contributed by atoms with Gasteiger partial charge in [0.25, 0.3) is 0 Å². The summed E-state index contributed by atoms with van der Waals surface area (Å²) in [5.41, 5.74) is 4.22. The number of fused-ring (bicyclic) bond motifs is 2. The highest BCUT2D eigenvalue weighted by molar-refractivity contribution is 5.79. The van der Waals surface area contributed by atoms with Gasteiger partial charge >= 0.3 is 0 Å². The fourth-order valence-corrected chi connectivity index (χ4v) is 4.45. The lowest BCUT2D eigenvalue weighted by Gasteiger charge is -2.32. The second-order valence-corrected chi connectivity index (χ2v) is 8.37. The van der Waals surface area contributed by atoms with Gasteiger partial charge in [0, 0.05) is 47.5 Å². The maximum absolute atomic E-state index is 4.70. The number of nitrogens with one attached hydrogen (secondary N) is 1. The molecule has 0 unspecified atom stereocenters. The third-order valence-corrected chi connectivity index (χ3v) is 6.29. The first-order chi connectivity index (χ1) is 14.6. The summed E-state index contributed by atoms with van der Waals surface area (Å²) in [5, 5.41) is 8.23. The first-order valence-corrected chi connectivity index (χ1v) is 10.7. The van der Waals surface area contributed by atoms with Crippen LogP contribution in [0.15, 0.2) is 37.1 Å². The molecule has 4 aromatic heterocycles. The van der Waals surface area contributed by atoms with Crippen LogP contribution < -0.4 is 5.32 Å². The second kappa shape index (κ2) is 7.68. The Bertz CT molecular complexity index is 1170. The minimum Gasteiger partial charge on any atom is -0.350 e. The summed E-state index contributed by atoms with van der Waals surface area (Å²) < 4.78 is 3.95. The number of nitrogens with zero attached hydrogens (tertiary/aromatic N) is 7. The van der Waals surface area contributed by atoms with Crippen LogP contribution in [0.5, 0.6) is 0 Å². The van der Waals surface area contributed by atoms with Crippen molar-refractivity contribution in [3.05, 3.63) is 42.7 Å². The molecule has 0 aliphatic heterocycles. The number of hydrogen-bond acceptors (Lipinski definition) is 6. The van der Waals surface area contributed by atoms with Crippen LogP contribution in [0.25, 0.3) is 22.4 Å². The minimum absolute atomic E-state index is 0.439. The molecular formula is C22H28N8. The van der Waals surface area contributed by atoms with Crippen LogP contribution in [-0.2, 0) is 6.42 Å². The van der Waals surface area contributed by atoms with Gasteiger partial charge < -0.3 is 10.2 Å². The lowest BCUT2D eigenvalue weighted by molar-refractivity contribution is 0.221. The van der Waals surface area contributed by atoms with Gasteiger partial charge in [-0.2, -0.15) is 0 Å². The van der Waals surface area contributed by atoms with Crippen LogP contribution in [0.4, 0.5) is 5.95 Å². The Balaban J connectivity index is 1.38.